The molecule has 1 amide bonds. The van der Waals surface area contributed by atoms with Gasteiger partial charge in [0.1, 0.15) is 6.04 Å². The molecule has 116 valence electrons. The Morgan fingerprint density at radius 3 is 2.45 bits per heavy atom. The molecule has 22 heavy (non-hydrogen) atoms. The van der Waals surface area contributed by atoms with E-state index in [-0.39, 0.29) is 18.2 Å². The molecule has 1 aromatic heterocycles. The molecule has 0 spiro atoms. The van der Waals surface area contributed by atoms with Crippen molar-refractivity contribution in [1.82, 2.24) is 5.32 Å². The van der Waals surface area contributed by atoms with Crippen LogP contribution in [0.1, 0.15) is 23.3 Å². The molecule has 0 saturated heterocycles. The Morgan fingerprint density at radius 2 is 1.91 bits per heavy atom. The van der Waals surface area contributed by atoms with Gasteiger partial charge in [0.2, 0.25) is 5.91 Å². The van der Waals surface area contributed by atoms with Gasteiger partial charge in [0.25, 0.3) is 0 Å². The summed E-state index contributed by atoms with van der Waals surface area (Å²) in [6.07, 6.45) is 0.267. The zero-order valence-electron chi connectivity index (χ0n) is 12.0. The van der Waals surface area contributed by atoms with Gasteiger partial charge in [0, 0.05) is 11.3 Å². The number of halogens is 1. The minimum absolute atomic E-state index is 0.267. The van der Waals surface area contributed by atoms with Crippen molar-refractivity contribution in [2.45, 2.75) is 25.3 Å². The first kappa shape index (κ1) is 16.7. The van der Waals surface area contributed by atoms with Crippen LogP contribution >= 0.6 is 27.3 Å². The van der Waals surface area contributed by atoms with E-state index in [1.54, 1.807) is 6.92 Å². The van der Waals surface area contributed by atoms with Gasteiger partial charge in [0.05, 0.1) is 9.70 Å². The molecule has 0 radical (unpaired) electrons. The van der Waals surface area contributed by atoms with Gasteiger partial charge in [-0.2, -0.15) is 0 Å². The lowest BCUT2D eigenvalue weighted by Gasteiger charge is -2.17. The quantitative estimate of drug-likeness (QED) is 0.805. The zero-order valence-corrected chi connectivity index (χ0v) is 14.4. The van der Waals surface area contributed by atoms with Crippen molar-refractivity contribution in [3.05, 3.63) is 56.7 Å². The number of rotatable bonds is 6. The Morgan fingerprint density at radius 1 is 1.23 bits per heavy atom. The number of aliphatic carboxylic acids is 1. The van der Waals surface area contributed by atoms with Crippen LogP contribution in [-0.2, 0) is 16.0 Å². The van der Waals surface area contributed by atoms with E-state index in [0.717, 1.165) is 14.2 Å². The molecule has 0 aliphatic heterocycles. The largest absolute Gasteiger partial charge is 0.480 e. The highest BCUT2D eigenvalue weighted by molar-refractivity contribution is 9.11. The summed E-state index contributed by atoms with van der Waals surface area (Å²) in [6.45, 7) is 1.77. The number of benzene rings is 1. The third-order valence-electron chi connectivity index (χ3n) is 3.31. The van der Waals surface area contributed by atoms with Crippen LogP contribution in [0.4, 0.5) is 0 Å². The van der Waals surface area contributed by atoms with Gasteiger partial charge in [-0.1, -0.05) is 30.3 Å². The molecule has 2 rings (SSSR count). The Hall–Kier alpha value is -1.66. The molecule has 0 fully saturated rings. The number of carbonyl (C=O) groups excluding carboxylic acids is 1. The molecule has 2 aromatic rings. The molecule has 1 aromatic carbocycles. The summed E-state index contributed by atoms with van der Waals surface area (Å²) >= 11 is 4.83. The summed E-state index contributed by atoms with van der Waals surface area (Å²) in [5, 5.41) is 11.9. The second kappa shape index (κ2) is 7.56. The number of thiophene rings is 1. The molecule has 0 aliphatic rings. The fourth-order valence-electron chi connectivity index (χ4n) is 2.04. The molecule has 2 atom stereocenters. The summed E-state index contributed by atoms with van der Waals surface area (Å²) < 4.78 is 0.946. The summed E-state index contributed by atoms with van der Waals surface area (Å²) in [4.78, 5) is 24.6. The van der Waals surface area contributed by atoms with E-state index in [4.69, 9.17) is 0 Å². The van der Waals surface area contributed by atoms with Crippen molar-refractivity contribution in [2.75, 3.05) is 0 Å². The van der Waals surface area contributed by atoms with Crippen molar-refractivity contribution in [3.63, 3.8) is 0 Å². The molecular weight excluding hydrogens is 366 g/mol. The monoisotopic (exact) mass is 381 g/mol. The van der Waals surface area contributed by atoms with E-state index in [9.17, 15) is 14.7 Å². The predicted molar refractivity (Wildman–Crippen MR) is 90.1 cm³/mol. The summed E-state index contributed by atoms with van der Waals surface area (Å²) in [5.41, 5.74) is 0.877. The van der Waals surface area contributed by atoms with Crippen LogP contribution in [0.3, 0.4) is 0 Å². The van der Waals surface area contributed by atoms with E-state index in [0.29, 0.717) is 0 Å². The van der Waals surface area contributed by atoms with Crippen LogP contribution in [0, 0.1) is 0 Å². The molecule has 1 unspecified atom stereocenters. The molecule has 6 heteroatoms. The SMILES string of the molecule is CC(C(=O)N[C@@H](Cc1ccccc1)C(=O)O)c1ccc(Br)s1. The minimum atomic E-state index is -1.03. The van der Waals surface area contributed by atoms with Gasteiger partial charge in [-0.3, -0.25) is 4.79 Å². The number of carboxylic acid groups (broad SMARTS) is 1. The zero-order chi connectivity index (χ0) is 16.1. The van der Waals surface area contributed by atoms with Gasteiger partial charge in [-0.25, -0.2) is 4.79 Å². The van der Waals surface area contributed by atoms with Crippen molar-refractivity contribution >= 4 is 39.1 Å². The van der Waals surface area contributed by atoms with Gasteiger partial charge < -0.3 is 10.4 Å². The van der Waals surface area contributed by atoms with Crippen LogP contribution in [0.5, 0.6) is 0 Å². The van der Waals surface area contributed by atoms with Gasteiger partial charge >= 0.3 is 5.97 Å². The second-order valence-electron chi connectivity index (χ2n) is 4.95. The molecule has 0 saturated carbocycles. The summed E-state index contributed by atoms with van der Waals surface area (Å²) in [5.74, 6) is -1.69. The lowest BCUT2D eigenvalue weighted by Crippen LogP contribution is -2.43. The van der Waals surface area contributed by atoms with E-state index in [1.807, 2.05) is 42.5 Å². The maximum Gasteiger partial charge on any atom is 0.326 e. The van der Waals surface area contributed by atoms with Gasteiger partial charge in [-0.05, 0) is 40.5 Å². The lowest BCUT2D eigenvalue weighted by molar-refractivity contribution is -0.141. The third-order valence-corrected chi connectivity index (χ3v) is 5.12. The molecular formula is C16H16BrNO3S. The van der Waals surface area contributed by atoms with Crippen LogP contribution in [0.15, 0.2) is 46.3 Å². The van der Waals surface area contributed by atoms with E-state index < -0.39 is 12.0 Å². The first-order valence-electron chi connectivity index (χ1n) is 6.79. The molecule has 4 nitrogen and oxygen atoms in total. The van der Waals surface area contributed by atoms with Crippen LogP contribution in [0.2, 0.25) is 0 Å². The average molecular weight is 382 g/mol. The topological polar surface area (TPSA) is 66.4 Å². The first-order valence-corrected chi connectivity index (χ1v) is 8.40. The smallest absolute Gasteiger partial charge is 0.326 e. The van der Waals surface area contributed by atoms with E-state index in [2.05, 4.69) is 21.2 Å². The van der Waals surface area contributed by atoms with Crippen molar-refractivity contribution < 1.29 is 14.7 Å². The fraction of sp³-hybridized carbons (Fsp3) is 0.250. The minimum Gasteiger partial charge on any atom is -0.480 e. The number of nitrogens with one attached hydrogen (secondary N) is 1. The van der Waals surface area contributed by atoms with E-state index >= 15 is 0 Å². The third kappa shape index (κ3) is 4.42. The Labute approximate surface area is 141 Å². The van der Waals surface area contributed by atoms with E-state index in [1.165, 1.54) is 11.3 Å². The highest BCUT2D eigenvalue weighted by atomic mass is 79.9. The maximum absolute atomic E-state index is 12.3. The highest BCUT2D eigenvalue weighted by Crippen LogP contribution is 2.28. The summed E-state index contributed by atoms with van der Waals surface area (Å²) in [7, 11) is 0. The summed E-state index contributed by atoms with van der Waals surface area (Å²) in [6, 6.07) is 12.1. The Kier molecular flexibility index (Phi) is 5.74. The molecule has 0 bridgehead atoms. The van der Waals surface area contributed by atoms with Crippen LogP contribution in [-0.4, -0.2) is 23.0 Å². The van der Waals surface area contributed by atoms with Crippen LogP contribution < -0.4 is 5.32 Å². The highest BCUT2D eigenvalue weighted by Gasteiger charge is 2.24. The number of amides is 1. The molecule has 2 N–H and O–H groups in total. The van der Waals surface area contributed by atoms with Crippen molar-refractivity contribution in [3.8, 4) is 0 Å². The standard InChI is InChI=1S/C16H16BrNO3S/c1-10(13-7-8-14(17)22-13)15(19)18-12(16(20)21)9-11-5-3-2-4-6-11/h2-8,10,12H,9H2,1H3,(H,18,19)(H,20,21)/t10?,12-/m0/s1. The molecule has 0 aliphatic carbocycles. The Balaban J connectivity index is 2.04. The lowest BCUT2D eigenvalue weighted by atomic mass is 10.0. The number of hydrogen-bond acceptors (Lipinski definition) is 3. The Bertz CT molecular complexity index is 656. The second-order valence-corrected chi connectivity index (χ2v) is 7.45. The maximum atomic E-state index is 12.3. The predicted octanol–water partition coefficient (Wildman–Crippen LogP) is 3.43. The fourth-order valence-corrected chi connectivity index (χ4v) is 3.51. The van der Waals surface area contributed by atoms with Crippen molar-refractivity contribution in [1.29, 1.82) is 0 Å². The van der Waals surface area contributed by atoms with Crippen molar-refractivity contribution in [2.24, 2.45) is 0 Å². The molecule has 1 heterocycles. The van der Waals surface area contributed by atoms with Gasteiger partial charge in [0.15, 0.2) is 0 Å². The average Bonchev–Trinajstić information content (AvgIpc) is 2.93. The van der Waals surface area contributed by atoms with Crippen LogP contribution in [0.25, 0.3) is 0 Å². The normalized spacial score (nSPS) is 13.4. The first-order chi connectivity index (χ1) is 10.5. The number of hydrogen-bond donors (Lipinski definition) is 2. The number of carboxylic acids is 1. The van der Waals surface area contributed by atoms with Gasteiger partial charge in [-0.15, -0.1) is 11.3 Å². The number of carbonyl (C=O) groups is 2.